The Morgan fingerprint density at radius 1 is 0.583 bits per heavy atom. The molecule has 2 heteroatoms. The van der Waals surface area contributed by atoms with Crippen molar-refractivity contribution in [3.05, 3.63) is 6.42 Å². The van der Waals surface area contributed by atoms with Crippen molar-refractivity contribution in [1.82, 2.24) is 0 Å². The van der Waals surface area contributed by atoms with Crippen LogP contribution in [0.1, 0.15) is 57.8 Å². The van der Waals surface area contributed by atoms with Gasteiger partial charge in [0.1, 0.15) is 0 Å². The van der Waals surface area contributed by atoms with Gasteiger partial charge in [-0.1, -0.05) is 44.9 Å². The maximum Gasteiger partial charge on any atom is 2.00 e. The molecule has 0 amide bonds. The Balaban J connectivity index is 0. The van der Waals surface area contributed by atoms with Crippen molar-refractivity contribution >= 4 is 0 Å². The topological polar surface area (TPSA) is 0 Å². The first-order chi connectivity index (χ1) is 5.00. The van der Waals surface area contributed by atoms with E-state index in [1.165, 1.54) is 57.8 Å². The summed E-state index contributed by atoms with van der Waals surface area (Å²) in [7, 11) is 0. The molecule has 0 aromatic heterocycles. The third-order valence-corrected chi connectivity index (χ3v) is 2.32. The summed E-state index contributed by atoms with van der Waals surface area (Å²) in [5, 5.41) is 0. The van der Waals surface area contributed by atoms with Gasteiger partial charge in [-0.15, -0.1) is 0 Å². The second-order valence-electron chi connectivity index (χ2n) is 3.34. The van der Waals surface area contributed by atoms with Crippen molar-refractivity contribution in [1.29, 1.82) is 0 Å². The Bertz CT molecular complexity index is 43.0. The Morgan fingerprint density at radius 2 is 0.917 bits per heavy atom. The van der Waals surface area contributed by atoms with Gasteiger partial charge in [-0.2, -0.15) is 12.8 Å². The SMILES string of the molecule is C1CCCC1.[CH-]1CCCC1.[Fe+2].[Li+]. The second kappa shape index (κ2) is 12.1. The molecule has 0 nitrogen and oxygen atoms in total. The smallest absolute Gasteiger partial charge is 0.328 e. The van der Waals surface area contributed by atoms with Crippen LogP contribution >= 0.6 is 0 Å². The second-order valence-corrected chi connectivity index (χ2v) is 3.34. The van der Waals surface area contributed by atoms with Gasteiger partial charge in [0.05, 0.1) is 0 Å². The van der Waals surface area contributed by atoms with E-state index in [1.54, 1.807) is 0 Å². The molecule has 2 saturated carbocycles. The van der Waals surface area contributed by atoms with Crippen LogP contribution in [0.25, 0.3) is 0 Å². The average Bonchev–Trinajstić information content (AvgIpc) is 2.67. The Labute approximate surface area is 99.9 Å². The molecular formula is C10H19FeLi+2. The molecular weight excluding hydrogens is 183 g/mol. The first kappa shape index (κ1) is 15.6. The fourth-order valence-corrected chi connectivity index (χ4v) is 1.61. The molecule has 0 saturated heterocycles. The molecule has 2 rings (SSSR count). The molecule has 0 bridgehead atoms. The minimum absolute atomic E-state index is 0. The molecule has 0 spiro atoms. The molecule has 0 unspecified atom stereocenters. The summed E-state index contributed by atoms with van der Waals surface area (Å²) in [6.45, 7) is 0. The Hall–Kier alpha value is 1.12. The van der Waals surface area contributed by atoms with E-state index in [0.29, 0.717) is 0 Å². The minimum atomic E-state index is 0. The standard InChI is InChI=1S/C5H10.C5H9.Fe.Li/c2*1-2-4-5-3-1;;/h1-5H2;1H,2-5H2;;/q;-1;+2;+1. The summed E-state index contributed by atoms with van der Waals surface area (Å²) < 4.78 is 0. The van der Waals surface area contributed by atoms with E-state index in [0.717, 1.165) is 0 Å². The molecule has 0 aromatic rings. The van der Waals surface area contributed by atoms with E-state index in [1.807, 2.05) is 0 Å². The van der Waals surface area contributed by atoms with Gasteiger partial charge in [0, 0.05) is 0 Å². The molecule has 0 heterocycles. The third-order valence-electron chi connectivity index (χ3n) is 2.32. The molecule has 12 heavy (non-hydrogen) atoms. The van der Waals surface area contributed by atoms with E-state index in [-0.39, 0.29) is 35.9 Å². The van der Waals surface area contributed by atoms with Crippen LogP contribution in [0.15, 0.2) is 0 Å². The van der Waals surface area contributed by atoms with Gasteiger partial charge in [-0.05, 0) is 0 Å². The van der Waals surface area contributed by atoms with E-state index >= 15 is 0 Å². The van der Waals surface area contributed by atoms with Crippen molar-refractivity contribution in [3.63, 3.8) is 0 Å². The Morgan fingerprint density at radius 3 is 1.08 bits per heavy atom. The molecule has 2 aliphatic rings. The maximum absolute atomic E-state index is 2.36. The van der Waals surface area contributed by atoms with Crippen LogP contribution in [-0.2, 0) is 17.1 Å². The summed E-state index contributed by atoms with van der Waals surface area (Å²) in [6.07, 6.45) is 15.5. The van der Waals surface area contributed by atoms with E-state index < -0.39 is 0 Å². The summed E-state index contributed by atoms with van der Waals surface area (Å²) in [5.74, 6) is 0. The van der Waals surface area contributed by atoms with Crippen molar-refractivity contribution in [2.75, 3.05) is 0 Å². The quantitative estimate of drug-likeness (QED) is 0.401. The van der Waals surface area contributed by atoms with Crippen molar-refractivity contribution in [2.45, 2.75) is 57.8 Å². The molecule has 0 atom stereocenters. The number of rotatable bonds is 0. The van der Waals surface area contributed by atoms with Gasteiger partial charge in [0.15, 0.2) is 0 Å². The zero-order chi connectivity index (χ0) is 7.07. The van der Waals surface area contributed by atoms with Crippen LogP contribution < -0.4 is 18.9 Å². The monoisotopic (exact) mass is 202 g/mol. The number of hydrogen-bond acceptors (Lipinski definition) is 0. The maximum atomic E-state index is 2.36. The minimum Gasteiger partial charge on any atom is -0.328 e. The fourth-order valence-electron chi connectivity index (χ4n) is 1.61. The third kappa shape index (κ3) is 9.21. The fraction of sp³-hybridized carbons (Fsp3) is 0.900. The number of hydrogen-bond donors (Lipinski definition) is 0. The van der Waals surface area contributed by atoms with Gasteiger partial charge in [0.25, 0.3) is 0 Å². The van der Waals surface area contributed by atoms with Gasteiger partial charge >= 0.3 is 35.9 Å². The van der Waals surface area contributed by atoms with E-state index in [9.17, 15) is 0 Å². The van der Waals surface area contributed by atoms with Crippen molar-refractivity contribution in [3.8, 4) is 0 Å². The Kier molecular flexibility index (Phi) is 15.7. The van der Waals surface area contributed by atoms with Crippen LogP contribution in [0.2, 0.25) is 0 Å². The molecule has 0 aromatic carbocycles. The van der Waals surface area contributed by atoms with Crippen LogP contribution in [0, 0.1) is 6.42 Å². The summed E-state index contributed by atoms with van der Waals surface area (Å²) in [5.41, 5.74) is 0. The zero-order valence-corrected chi connectivity index (χ0v) is 9.40. The molecule has 0 aliphatic heterocycles. The normalized spacial score (nSPS) is 20.0. The molecule has 2 aliphatic carbocycles. The summed E-state index contributed by atoms with van der Waals surface area (Å²) >= 11 is 0. The molecule has 0 radical (unpaired) electrons. The average molecular weight is 202 g/mol. The predicted molar refractivity (Wildman–Crippen MR) is 45.9 cm³/mol. The van der Waals surface area contributed by atoms with Crippen LogP contribution in [-0.4, -0.2) is 0 Å². The molecule has 2 fully saturated rings. The van der Waals surface area contributed by atoms with Crippen molar-refractivity contribution < 1.29 is 35.9 Å². The first-order valence-corrected chi connectivity index (χ1v) is 4.82. The summed E-state index contributed by atoms with van der Waals surface area (Å²) in [6, 6.07) is 0. The zero-order valence-electron chi connectivity index (χ0n) is 8.29. The summed E-state index contributed by atoms with van der Waals surface area (Å²) in [4.78, 5) is 0. The van der Waals surface area contributed by atoms with Crippen LogP contribution in [0.3, 0.4) is 0 Å². The van der Waals surface area contributed by atoms with Crippen LogP contribution in [0.5, 0.6) is 0 Å². The van der Waals surface area contributed by atoms with Gasteiger partial charge in [0.2, 0.25) is 0 Å². The van der Waals surface area contributed by atoms with Crippen molar-refractivity contribution in [2.24, 2.45) is 0 Å². The van der Waals surface area contributed by atoms with Crippen LogP contribution in [0.4, 0.5) is 0 Å². The van der Waals surface area contributed by atoms with E-state index in [4.69, 9.17) is 0 Å². The van der Waals surface area contributed by atoms with Gasteiger partial charge in [-0.3, -0.25) is 0 Å². The molecule has 0 N–H and O–H groups in total. The molecule has 66 valence electrons. The first-order valence-electron chi connectivity index (χ1n) is 4.82. The van der Waals surface area contributed by atoms with Gasteiger partial charge < -0.3 is 6.42 Å². The van der Waals surface area contributed by atoms with Gasteiger partial charge in [-0.25, -0.2) is 0 Å². The predicted octanol–water partition coefficient (Wildman–Crippen LogP) is 0.717. The largest absolute Gasteiger partial charge is 2.00 e. The van der Waals surface area contributed by atoms with E-state index in [2.05, 4.69) is 6.42 Å².